The maximum atomic E-state index is 9.05. The Morgan fingerprint density at radius 1 is 1.44 bits per heavy atom. The van der Waals surface area contributed by atoms with E-state index < -0.39 is 0 Å². The Morgan fingerprint density at radius 2 is 2.28 bits per heavy atom. The van der Waals surface area contributed by atoms with Gasteiger partial charge in [-0.05, 0) is 24.6 Å². The van der Waals surface area contributed by atoms with E-state index >= 15 is 0 Å². The van der Waals surface area contributed by atoms with Gasteiger partial charge in [0.15, 0.2) is 0 Å². The van der Waals surface area contributed by atoms with Crippen molar-refractivity contribution < 1.29 is 0 Å². The molecule has 1 aromatic carbocycles. The van der Waals surface area contributed by atoms with Crippen LogP contribution in [0.4, 0.5) is 5.69 Å². The van der Waals surface area contributed by atoms with Crippen molar-refractivity contribution in [3.05, 3.63) is 41.5 Å². The molecule has 0 saturated heterocycles. The first-order valence-corrected chi connectivity index (χ1v) is 5.78. The molecule has 1 N–H and O–H groups in total. The Labute approximate surface area is 106 Å². The molecular formula is C13H15N5. The summed E-state index contributed by atoms with van der Waals surface area (Å²) < 4.78 is 1.89. The number of rotatable bonds is 4. The van der Waals surface area contributed by atoms with Crippen LogP contribution in [0.3, 0.4) is 0 Å². The highest BCUT2D eigenvalue weighted by Gasteiger charge is 2.03. The molecule has 0 atom stereocenters. The van der Waals surface area contributed by atoms with E-state index in [0.29, 0.717) is 5.56 Å². The van der Waals surface area contributed by atoms with Crippen molar-refractivity contribution in [3.8, 4) is 6.07 Å². The van der Waals surface area contributed by atoms with Crippen LogP contribution in [0.2, 0.25) is 0 Å². The highest BCUT2D eigenvalue weighted by atomic mass is 15.2. The van der Waals surface area contributed by atoms with Crippen molar-refractivity contribution in [2.75, 3.05) is 11.9 Å². The second-order valence-electron chi connectivity index (χ2n) is 4.20. The van der Waals surface area contributed by atoms with Crippen LogP contribution in [0.25, 0.3) is 0 Å². The number of hydrogen-bond acceptors (Lipinski definition) is 4. The number of nitrogens with zero attached hydrogens (tertiary/aromatic N) is 4. The van der Waals surface area contributed by atoms with Crippen molar-refractivity contribution in [2.24, 2.45) is 7.05 Å². The number of hydrogen-bond donors (Lipinski definition) is 1. The van der Waals surface area contributed by atoms with Gasteiger partial charge in [-0.25, -0.2) is 0 Å². The molecule has 0 aliphatic heterocycles. The first kappa shape index (κ1) is 12.1. The molecule has 1 aromatic heterocycles. The first-order valence-electron chi connectivity index (χ1n) is 5.78. The van der Waals surface area contributed by atoms with E-state index in [0.717, 1.165) is 30.0 Å². The average Bonchev–Trinajstić information content (AvgIpc) is 2.77. The van der Waals surface area contributed by atoms with Crippen LogP contribution in [-0.2, 0) is 13.5 Å². The van der Waals surface area contributed by atoms with Crippen LogP contribution in [0.15, 0.2) is 24.5 Å². The second-order valence-corrected chi connectivity index (χ2v) is 4.20. The van der Waals surface area contributed by atoms with Crippen LogP contribution in [0.5, 0.6) is 0 Å². The molecule has 0 amide bonds. The van der Waals surface area contributed by atoms with E-state index in [1.54, 1.807) is 6.33 Å². The lowest BCUT2D eigenvalue weighted by Crippen LogP contribution is -2.09. The zero-order valence-electron chi connectivity index (χ0n) is 10.5. The van der Waals surface area contributed by atoms with E-state index in [1.807, 2.05) is 36.7 Å². The molecule has 0 bridgehead atoms. The summed E-state index contributed by atoms with van der Waals surface area (Å²) in [4.78, 5) is 0. The van der Waals surface area contributed by atoms with Gasteiger partial charge in [0.2, 0.25) is 0 Å². The van der Waals surface area contributed by atoms with Crippen LogP contribution in [-0.4, -0.2) is 21.3 Å². The van der Waals surface area contributed by atoms with Crippen molar-refractivity contribution in [1.29, 1.82) is 5.26 Å². The molecule has 18 heavy (non-hydrogen) atoms. The molecule has 1 heterocycles. The van der Waals surface area contributed by atoms with Gasteiger partial charge in [-0.3, -0.25) is 0 Å². The number of anilines is 1. The summed E-state index contributed by atoms with van der Waals surface area (Å²) in [6, 6.07) is 8.00. The van der Waals surface area contributed by atoms with Gasteiger partial charge in [-0.2, -0.15) is 5.26 Å². The molecule has 5 nitrogen and oxygen atoms in total. The molecule has 0 aliphatic rings. The number of nitriles is 1. The molecule has 0 aliphatic carbocycles. The Balaban J connectivity index is 1.99. The smallest absolute Gasteiger partial charge is 0.134 e. The molecule has 0 unspecified atom stereocenters. The standard InChI is InChI=1S/C13H15N5/c1-10-3-4-12(11(7-10)8-14)15-6-5-13-17-16-9-18(13)2/h3-4,7,9,15H,5-6H2,1-2H3. The van der Waals surface area contributed by atoms with E-state index in [2.05, 4.69) is 21.6 Å². The third kappa shape index (κ3) is 2.66. The fraction of sp³-hybridized carbons (Fsp3) is 0.308. The van der Waals surface area contributed by atoms with Crippen LogP contribution in [0, 0.1) is 18.3 Å². The van der Waals surface area contributed by atoms with Crippen LogP contribution >= 0.6 is 0 Å². The van der Waals surface area contributed by atoms with Crippen molar-refractivity contribution in [3.63, 3.8) is 0 Å². The number of aromatic nitrogens is 3. The maximum absolute atomic E-state index is 9.05. The summed E-state index contributed by atoms with van der Waals surface area (Å²) in [7, 11) is 1.92. The molecule has 0 saturated carbocycles. The normalized spacial score (nSPS) is 10.1. The van der Waals surface area contributed by atoms with E-state index in [-0.39, 0.29) is 0 Å². The first-order chi connectivity index (χ1) is 8.70. The van der Waals surface area contributed by atoms with Crippen LogP contribution in [0.1, 0.15) is 17.0 Å². The SMILES string of the molecule is Cc1ccc(NCCc2nncn2C)c(C#N)c1. The zero-order chi connectivity index (χ0) is 13.0. The van der Waals surface area contributed by atoms with E-state index in [9.17, 15) is 0 Å². The van der Waals surface area contributed by atoms with Crippen LogP contribution < -0.4 is 5.32 Å². The minimum Gasteiger partial charge on any atom is -0.384 e. The topological polar surface area (TPSA) is 66.5 Å². The highest BCUT2D eigenvalue weighted by molar-refractivity contribution is 5.58. The quantitative estimate of drug-likeness (QED) is 0.883. The van der Waals surface area contributed by atoms with Gasteiger partial charge in [0.25, 0.3) is 0 Å². The highest BCUT2D eigenvalue weighted by Crippen LogP contribution is 2.16. The lowest BCUT2D eigenvalue weighted by molar-refractivity contribution is 0.788. The van der Waals surface area contributed by atoms with Gasteiger partial charge < -0.3 is 9.88 Å². The monoisotopic (exact) mass is 241 g/mol. The third-order valence-corrected chi connectivity index (χ3v) is 2.76. The predicted octanol–water partition coefficient (Wildman–Crippen LogP) is 1.65. The van der Waals surface area contributed by atoms with Gasteiger partial charge in [0.1, 0.15) is 18.2 Å². The summed E-state index contributed by atoms with van der Waals surface area (Å²) in [5, 5.41) is 20.1. The zero-order valence-corrected chi connectivity index (χ0v) is 10.5. The minimum atomic E-state index is 0.674. The Hall–Kier alpha value is -2.35. The number of aryl methyl sites for hydroxylation is 2. The van der Waals surface area contributed by atoms with E-state index in [1.165, 1.54) is 0 Å². The van der Waals surface area contributed by atoms with E-state index in [4.69, 9.17) is 5.26 Å². The Bertz CT molecular complexity index is 579. The molecule has 2 rings (SSSR count). The van der Waals surface area contributed by atoms with Crippen molar-refractivity contribution in [2.45, 2.75) is 13.3 Å². The minimum absolute atomic E-state index is 0.674. The van der Waals surface area contributed by atoms with Gasteiger partial charge in [0.05, 0.1) is 11.3 Å². The summed E-state index contributed by atoms with van der Waals surface area (Å²) in [5.41, 5.74) is 2.63. The lowest BCUT2D eigenvalue weighted by atomic mass is 10.1. The fourth-order valence-corrected chi connectivity index (χ4v) is 1.75. The van der Waals surface area contributed by atoms with Gasteiger partial charge in [0, 0.05) is 20.0 Å². The number of benzene rings is 1. The molecule has 2 aromatic rings. The summed E-state index contributed by atoms with van der Waals surface area (Å²) in [5.74, 6) is 0.924. The van der Waals surface area contributed by atoms with Crippen molar-refractivity contribution in [1.82, 2.24) is 14.8 Å². The Morgan fingerprint density at radius 3 is 2.94 bits per heavy atom. The molecule has 0 spiro atoms. The van der Waals surface area contributed by atoms with Gasteiger partial charge in [-0.15, -0.1) is 10.2 Å². The lowest BCUT2D eigenvalue weighted by Gasteiger charge is -2.08. The predicted molar refractivity (Wildman–Crippen MR) is 69.1 cm³/mol. The molecule has 5 heteroatoms. The fourth-order valence-electron chi connectivity index (χ4n) is 1.75. The molecular weight excluding hydrogens is 226 g/mol. The van der Waals surface area contributed by atoms with Gasteiger partial charge in [-0.1, -0.05) is 6.07 Å². The number of nitrogens with one attached hydrogen (secondary N) is 1. The van der Waals surface area contributed by atoms with Gasteiger partial charge >= 0.3 is 0 Å². The largest absolute Gasteiger partial charge is 0.384 e. The summed E-state index contributed by atoms with van der Waals surface area (Å²) >= 11 is 0. The Kier molecular flexibility index (Phi) is 3.58. The third-order valence-electron chi connectivity index (χ3n) is 2.76. The average molecular weight is 241 g/mol. The summed E-state index contributed by atoms with van der Waals surface area (Å²) in [6.45, 7) is 2.70. The maximum Gasteiger partial charge on any atom is 0.134 e. The second kappa shape index (κ2) is 5.32. The molecule has 92 valence electrons. The molecule has 0 fully saturated rings. The molecule has 0 radical (unpaired) electrons. The summed E-state index contributed by atoms with van der Waals surface area (Å²) in [6.07, 6.45) is 2.46. The van der Waals surface area contributed by atoms with Crippen molar-refractivity contribution >= 4 is 5.69 Å².